The molecule has 0 spiro atoms. The Balaban J connectivity index is 0.00000400. The van der Waals surface area contributed by atoms with E-state index in [4.69, 9.17) is 0 Å². The molecule has 124 valence electrons. The summed E-state index contributed by atoms with van der Waals surface area (Å²) < 4.78 is 0. The van der Waals surface area contributed by atoms with Crippen molar-refractivity contribution in [3.05, 3.63) is 12.7 Å². The third-order valence-corrected chi connectivity index (χ3v) is 3.93. The van der Waals surface area contributed by atoms with Gasteiger partial charge < -0.3 is 15.1 Å². The topological polar surface area (TPSA) is 30.9 Å². The zero-order valence-electron chi connectivity index (χ0n) is 14.0. The van der Waals surface area contributed by atoms with Gasteiger partial charge in [0.2, 0.25) is 0 Å². The van der Waals surface area contributed by atoms with Gasteiger partial charge in [-0.2, -0.15) is 0 Å². The fourth-order valence-corrected chi connectivity index (χ4v) is 2.78. The first-order valence-electron chi connectivity index (χ1n) is 7.92. The first-order valence-corrected chi connectivity index (χ1v) is 7.92. The van der Waals surface area contributed by atoms with Crippen molar-refractivity contribution in [2.75, 3.05) is 46.8 Å². The number of halogens is 1. The Labute approximate surface area is 148 Å². The smallest absolute Gasteiger partial charge is 0.193 e. The van der Waals surface area contributed by atoms with Crippen molar-refractivity contribution >= 4 is 29.9 Å². The van der Waals surface area contributed by atoms with E-state index < -0.39 is 0 Å². The summed E-state index contributed by atoms with van der Waals surface area (Å²) >= 11 is 0. The standard InChI is InChI=1S/C16H32N4.HI/c1-5-6-7-11-19(4)16(17-3)18-10-13-20-12-8-9-15(2)14-20;/h5,15H,1,6-14H2,2-4H3,(H,17,18);1H. The summed E-state index contributed by atoms with van der Waals surface area (Å²) in [6.07, 6.45) is 6.90. The molecule has 0 aromatic rings. The number of hydrogen-bond donors (Lipinski definition) is 1. The predicted molar refractivity (Wildman–Crippen MR) is 104 cm³/mol. The van der Waals surface area contributed by atoms with Crippen LogP contribution in [0, 0.1) is 5.92 Å². The molecule has 1 heterocycles. The summed E-state index contributed by atoms with van der Waals surface area (Å²) in [5, 5.41) is 3.47. The molecule has 21 heavy (non-hydrogen) atoms. The summed E-state index contributed by atoms with van der Waals surface area (Å²) in [4.78, 5) is 9.11. The van der Waals surface area contributed by atoms with Crippen LogP contribution in [0.1, 0.15) is 32.6 Å². The molecular weight excluding hydrogens is 375 g/mol. The zero-order chi connectivity index (χ0) is 14.8. The van der Waals surface area contributed by atoms with E-state index in [0.29, 0.717) is 0 Å². The molecule has 1 aliphatic rings. The van der Waals surface area contributed by atoms with E-state index in [2.05, 4.69) is 40.7 Å². The maximum atomic E-state index is 4.35. The Morgan fingerprint density at radius 3 is 2.90 bits per heavy atom. The van der Waals surface area contributed by atoms with Crippen LogP contribution < -0.4 is 5.32 Å². The lowest BCUT2D eigenvalue weighted by Crippen LogP contribution is -2.44. The van der Waals surface area contributed by atoms with Gasteiger partial charge in [-0.05, 0) is 38.1 Å². The molecule has 0 saturated carbocycles. The largest absolute Gasteiger partial charge is 0.355 e. The molecule has 0 radical (unpaired) electrons. The van der Waals surface area contributed by atoms with Crippen LogP contribution in [0.15, 0.2) is 17.6 Å². The number of likely N-dealkylation sites (tertiary alicyclic amines) is 1. The van der Waals surface area contributed by atoms with E-state index in [1.807, 2.05) is 13.1 Å². The molecule has 0 amide bonds. The number of nitrogens with one attached hydrogen (secondary N) is 1. The highest BCUT2D eigenvalue weighted by Gasteiger charge is 2.15. The quantitative estimate of drug-likeness (QED) is 0.231. The van der Waals surface area contributed by atoms with Crippen LogP contribution in [0.3, 0.4) is 0 Å². The first kappa shape index (κ1) is 20.7. The van der Waals surface area contributed by atoms with E-state index in [-0.39, 0.29) is 24.0 Å². The predicted octanol–water partition coefficient (Wildman–Crippen LogP) is 2.81. The van der Waals surface area contributed by atoms with Crippen molar-refractivity contribution in [2.45, 2.75) is 32.6 Å². The lowest BCUT2D eigenvalue weighted by Gasteiger charge is -2.31. The van der Waals surface area contributed by atoms with Gasteiger partial charge in [-0.15, -0.1) is 30.6 Å². The van der Waals surface area contributed by atoms with Crippen molar-refractivity contribution in [1.29, 1.82) is 0 Å². The van der Waals surface area contributed by atoms with Gasteiger partial charge in [0.25, 0.3) is 0 Å². The fraction of sp³-hybridized carbons (Fsp3) is 0.812. The molecule has 1 N–H and O–H groups in total. The first-order chi connectivity index (χ1) is 9.67. The Morgan fingerprint density at radius 1 is 1.52 bits per heavy atom. The molecule has 5 heteroatoms. The van der Waals surface area contributed by atoms with Crippen molar-refractivity contribution in [3.8, 4) is 0 Å². The Bertz CT molecular complexity index is 307. The molecule has 0 bridgehead atoms. The molecule has 0 aliphatic carbocycles. The summed E-state index contributed by atoms with van der Waals surface area (Å²) in [5.74, 6) is 1.85. The average molecular weight is 408 g/mol. The van der Waals surface area contributed by atoms with Gasteiger partial charge in [-0.3, -0.25) is 4.99 Å². The Kier molecular flexibility index (Phi) is 12.1. The molecule has 1 aliphatic heterocycles. The maximum Gasteiger partial charge on any atom is 0.193 e. The minimum atomic E-state index is 0. The maximum absolute atomic E-state index is 4.35. The minimum Gasteiger partial charge on any atom is -0.355 e. The molecule has 1 atom stereocenters. The van der Waals surface area contributed by atoms with E-state index in [1.54, 1.807) is 0 Å². The molecular formula is C16H33IN4. The van der Waals surface area contributed by atoms with Crippen molar-refractivity contribution < 1.29 is 0 Å². The van der Waals surface area contributed by atoms with Gasteiger partial charge in [0, 0.05) is 40.3 Å². The second-order valence-corrected chi connectivity index (χ2v) is 5.87. The Hall–Kier alpha value is -0.300. The average Bonchev–Trinajstić information content (AvgIpc) is 2.44. The van der Waals surface area contributed by atoms with Crippen LogP contribution in [-0.2, 0) is 0 Å². The fourth-order valence-electron chi connectivity index (χ4n) is 2.78. The van der Waals surface area contributed by atoms with Gasteiger partial charge in [0.1, 0.15) is 0 Å². The lowest BCUT2D eigenvalue weighted by molar-refractivity contribution is 0.186. The molecule has 1 saturated heterocycles. The molecule has 1 rings (SSSR count). The number of aliphatic imine (C=N–C) groups is 1. The summed E-state index contributed by atoms with van der Waals surface area (Å²) in [5.41, 5.74) is 0. The van der Waals surface area contributed by atoms with E-state index in [1.165, 1.54) is 25.9 Å². The number of nitrogens with zero attached hydrogens (tertiary/aromatic N) is 3. The third-order valence-electron chi connectivity index (χ3n) is 3.93. The van der Waals surface area contributed by atoms with Crippen LogP contribution in [0.5, 0.6) is 0 Å². The van der Waals surface area contributed by atoms with Crippen LogP contribution in [0.4, 0.5) is 0 Å². The van der Waals surface area contributed by atoms with Gasteiger partial charge in [-0.25, -0.2) is 0 Å². The molecule has 0 aromatic heterocycles. The highest BCUT2D eigenvalue weighted by molar-refractivity contribution is 14.0. The van der Waals surface area contributed by atoms with Crippen LogP contribution in [-0.4, -0.2) is 62.6 Å². The number of piperidine rings is 1. The van der Waals surface area contributed by atoms with Gasteiger partial charge in [0.15, 0.2) is 5.96 Å². The minimum absolute atomic E-state index is 0. The number of unbranched alkanes of at least 4 members (excludes halogenated alkanes) is 1. The zero-order valence-corrected chi connectivity index (χ0v) is 16.3. The normalized spacial score (nSPS) is 19.8. The van der Waals surface area contributed by atoms with Crippen molar-refractivity contribution in [3.63, 3.8) is 0 Å². The second-order valence-electron chi connectivity index (χ2n) is 5.87. The molecule has 4 nitrogen and oxygen atoms in total. The molecule has 1 fully saturated rings. The van der Waals surface area contributed by atoms with Crippen LogP contribution >= 0.6 is 24.0 Å². The number of rotatable bonds is 7. The highest BCUT2D eigenvalue weighted by Crippen LogP contribution is 2.14. The molecule has 0 aromatic carbocycles. The second kappa shape index (κ2) is 12.3. The monoisotopic (exact) mass is 408 g/mol. The van der Waals surface area contributed by atoms with Gasteiger partial charge in [0.05, 0.1) is 0 Å². The third kappa shape index (κ3) is 8.66. The summed E-state index contributed by atoms with van der Waals surface area (Å²) in [7, 11) is 3.96. The van der Waals surface area contributed by atoms with Crippen LogP contribution in [0.25, 0.3) is 0 Å². The number of guanidine groups is 1. The summed E-state index contributed by atoms with van der Waals surface area (Å²) in [6.45, 7) is 11.7. The van der Waals surface area contributed by atoms with E-state index >= 15 is 0 Å². The van der Waals surface area contributed by atoms with E-state index in [0.717, 1.165) is 44.4 Å². The van der Waals surface area contributed by atoms with E-state index in [9.17, 15) is 0 Å². The SMILES string of the molecule is C=CCCCN(C)C(=NC)NCCN1CCCC(C)C1.I. The number of allylic oxidation sites excluding steroid dienone is 1. The highest BCUT2D eigenvalue weighted by atomic mass is 127. The van der Waals surface area contributed by atoms with Crippen molar-refractivity contribution in [1.82, 2.24) is 15.1 Å². The lowest BCUT2D eigenvalue weighted by atomic mass is 10.0. The van der Waals surface area contributed by atoms with Crippen LogP contribution in [0.2, 0.25) is 0 Å². The Morgan fingerprint density at radius 2 is 2.29 bits per heavy atom. The number of hydrogen-bond acceptors (Lipinski definition) is 2. The van der Waals surface area contributed by atoms with Crippen molar-refractivity contribution in [2.24, 2.45) is 10.9 Å². The molecule has 1 unspecified atom stereocenters. The van der Waals surface area contributed by atoms with Gasteiger partial charge in [-0.1, -0.05) is 13.0 Å². The van der Waals surface area contributed by atoms with Gasteiger partial charge >= 0.3 is 0 Å². The summed E-state index contributed by atoms with van der Waals surface area (Å²) in [6, 6.07) is 0.